The molecule has 3 aromatic rings. The molecule has 1 heterocycles. The van der Waals surface area contributed by atoms with E-state index in [1.54, 1.807) is 37.5 Å². The number of benzene rings is 3. The van der Waals surface area contributed by atoms with Crippen molar-refractivity contribution in [2.24, 2.45) is 4.99 Å². The van der Waals surface area contributed by atoms with Crippen molar-refractivity contribution in [3.8, 4) is 11.5 Å². The van der Waals surface area contributed by atoms with Gasteiger partial charge in [0.25, 0.3) is 0 Å². The molecule has 32 heavy (non-hydrogen) atoms. The van der Waals surface area contributed by atoms with Gasteiger partial charge in [0, 0.05) is 14.2 Å². The molecule has 0 aliphatic carbocycles. The number of cyclic esters (lactones) is 1. The fourth-order valence-corrected chi connectivity index (χ4v) is 4.18. The van der Waals surface area contributed by atoms with Gasteiger partial charge in [-0.1, -0.05) is 47.5 Å². The Hall–Kier alpha value is -2.55. The van der Waals surface area contributed by atoms with Gasteiger partial charge in [-0.3, -0.25) is 0 Å². The highest BCUT2D eigenvalue weighted by molar-refractivity contribution is 14.1. The lowest BCUT2D eigenvalue weighted by atomic mass is 10.1. The summed E-state index contributed by atoms with van der Waals surface area (Å²) in [5.41, 5.74) is 2.25. The standard InChI is InChI=1S/C24H16Cl2INO4/c1-30-21-7-3-5-15(22(21)31-13-14-4-2-6-17(27)10-14)11-20-24(29)32-23(28-20)18-9-8-16(25)12-19(18)26/h2-12H,13H2,1H3/b20-11-. The second-order valence-electron chi connectivity index (χ2n) is 6.76. The number of nitrogens with zero attached hydrogens (tertiary/aromatic N) is 1. The van der Waals surface area contributed by atoms with Crippen LogP contribution in [0, 0.1) is 3.57 Å². The van der Waals surface area contributed by atoms with Crippen molar-refractivity contribution in [1.82, 2.24) is 0 Å². The van der Waals surface area contributed by atoms with Crippen LogP contribution in [0.1, 0.15) is 16.7 Å². The summed E-state index contributed by atoms with van der Waals surface area (Å²) in [7, 11) is 1.56. The number of para-hydroxylation sites is 1. The van der Waals surface area contributed by atoms with Crippen molar-refractivity contribution in [3.63, 3.8) is 0 Å². The maximum atomic E-state index is 12.5. The van der Waals surface area contributed by atoms with E-state index in [0.717, 1.165) is 9.13 Å². The van der Waals surface area contributed by atoms with Crippen molar-refractivity contribution in [1.29, 1.82) is 0 Å². The molecule has 0 spiro atoms. The van der Waals surface area contributed by atoms with Crippen LogP contribution in [0.3, 0.4) is 0 Å². The normalized spacial score (nSPS) is 14.3. The molecule has 0 saturated carbocycles. The van der Waals surface area contributed by atoms with E-state index >= 15 is 0 Å². The minimum atomic E-state index is -0.586. The number of ether oxygens (including phenoxy) is 3. The Morgan fingerprint density at radius 2 is 1.91 bits per heavy atom. The van der Waals surface area contributed by atoms with Gasteiger partial charge in [-0.05, 0) is 70.6 Å². The van der Waals surface area contributed by atoms with Gasteiger partial charge >= 0.3 is 5.97 Å². The van der Waals surface area contributed by atoms with Crippen LogP contribution in [0.4, 0.5) is 0 Å². The zero-order valence-corrected chi connectivity index (χ0v) is 20.4. The monoisotopic (exact) mass is 579 g/mol. The van der Waals surface area contributed by atoms with Crippen LogP contribution in [-0.4, -0.2) is 19.0 Å². The number of rotatable bonds is 6. The molecule has 0 atom stereocenters. The van der Waals surface area contributed by atoms with Gasteiger partial charge in [0.05, 0.1) is 17.7 Å². The number of hydrogen-bond acceptors (Lipinski definition) is 5. The van der Waals surface area contributed by atoms with Gasteiger partial charge < -0.3 is 14.2 Å². The summed E-state index contributed by atoms with van der Waals surface area (Å²) in [6.07, 6.45) is 1.60. The van der Waals surface area contributed by atoms with Gasteiger partial charge in [0.2, 0.25) is 5.90 Å². The van der Waals surface area contributed by atoms with E-state index in [2.05, 4.69) is 27.6 Å². The van der Waals surface area contributed by atoms with Crippen LogP contribution in [0.5, 0.6) is 11.5 Å². The van der Waals surface area contributed by atoms with Crippen LogP contribution in [0.2, 0.25) is 10.0 Å². The fraction of sp³-hybridized carbons (Fsp3) is 0.0833. The summed E-state index contributed by atoms with van der Waals surface area (Å²) in [6.45, 7) is 0.340. The fourth-order valence-electron chi connectivity index (χ4n) is 3.08. The topological polar surface area (TPSA) is 57.1 Å². The molecule has 1 aliphatic rings. The predicted molar refractivity (Wildman–Crippen MR) is 134 cm³/mol. The van der Waals surface area contributed by atoms with Crippen molar-refractivity contribution in [2.75, 3.05) is 7.11 Å². The van der Waals surface area contributed by atoms with Crippen molar-refractivity contribution in [3.05, 3.63) is 96.7 Å². The van der Waals surface area contributed by atoms with Gasteiger partial charge in [-0.2, -0.15) is 0 Å². The van der Waals surface area contributed by atoms with Crippen LogP contribution in [0.15, 0.2) is 71.4 Å². The van der Waals surface area contributed by atoms with Crippen molar-refractivity contribution in [2.45, 2.75) is 6.61 Å². The Balaban J connectivity index is 1.67. The van der Waals surface area contributed by atoms with E-state index in [1.807, 2.05) is 36.4 Å². The van der Waals surface area contributed by atoms with E-state index in [-0.39, 0.29) is 11.6 Å². The SMILES string of the molecule is COc1cccc(/C=C2\N=C(c3ccc(Cl)cc3Cl)OC2=O)c1OCc1cccc(I)c1. The van der Waals surface area contributed by atoms with Crippen LogP contribution < -0.4 is 9.47 Å². The largest absolute Gasteiger partial charge is 0.493 e. The number of carbonyl (C=O) groups is 1. The Kier molecular flexibility index (Phi) is 7.03. The summed E-state index contributed by atoms with van der Waals surface area (Å²) in [5.74, 6) is 0.577. The predicted octanol–water partition coefficient (Wildman–Crippen LogP) is 6.53. The molecule has 0 unspecified atom stereocenters. The molecule has 3 aromatic carbocycles. The average molecular weight is 580 g/mol. The summed E-state index contributed by atoms with van der Waals surface area (Å²) in [4.78, 5) is 16.8. The maximum Gasteiger partial charge on any atom is 0.363 e. The van der Waals surface area contributed by atoms with Gasteiger partial charge in [-0.25, -0.2) is 9.79 Å². The molecule has 0 aromatic heterocycles. The Bertz CT molecular complexity index is 1260. The first-order valence-electron chi connectivity index (χ1n) is 9.47. The quantitative estimate of drug-likeness (QED) is 0.189. The summed E-state index contributed by atoms with van der Waals surface area (Å²) in [6, 6.07) is 18.3. The number of hydrogen-bond donors (Lipinski definition) is 0. The van der Waals surface area contributed by atoms with Crippen molar-refractivity contribution >= 4 is 63.7 Å². The Morgan fingerprint density at radius 1 is 1.09 bits per heavy atom. The summed E-state index contributed by atoms with van der Waals surface area (Å²) < 4.78 is 18.0. The van der Waals surface area contributed by atoms with E-state index in [9.17, 15) is 4.79 Å². The lowest BCUT2D eigenvalue weighted by molar-refractivity contribution is -0.129. The first-order valence-corrected chi connectivity index (χ1v) is 11.3. The van der Waals surface area contributed by atoms with E-state index in [0.29, 0.717) is 39.3 Å². The Labute approximate surface area is 208 Å². The third-order valence-electron chi connectivity index (χ3n) is 4.58. The highest BCUT2D eigenvalue weighted by Crippen LogP contribution is 2.34. The molecule has 0 radical (unpaired) electrons. The third kappa shape index (κ3) is 5.09. The van der Waals surface area contributed by atoms with Gasteiger partial charge in [0.15, 0.2) is 17.2 Å². The zero-order chi connectivity index (χ0) is 22.7. The highest BCUT2D eigenvalue weighted by atomic mass is 127. The molecule has 8 heteroatoms. The number of methoxy groups -OCH3 is 1. The first kappa shape index (κ1) is 22.6. The highest BCUT2D eigenvalue weighted by Gasteiger charge is 2.26. The molecule has 4 rings (SSSR count). The zero-order valence-electron chi connectivity index (χ0n) is 16.8. The number of aliphatic imine (C=N–C) groups is 1. The van der Waals surface area contributed by atoms with Crippen molar-refractivity contribution < 1.29 is 19.0 Å². The number of carbonyl (C=O) groups excluding carboxylic acids is 1. The third-order valence-corrected chi connectivity index (χ3v) is 5.79. The minimum Gasteiger partial charge on any atom is -0.493 e. The molecule has 0 bridgehead atoms. The molecular formula is C24H16Cl2INO4. The first-order chi connectivity index (χ1) is 15.4. The second kappa shape index (κ2) is 9.94. The molecule has 1 aliphatic heterocycles. The van der Waals surface area contributed by atoms with E-state index in [1.165, 1.54) is 0 Å². The second-order valence-corrected chi connectivity index (χ2v) is 8.85. The molecule has 0 N–H and O–H groups in total. The summed E-state index contributed by atoms with van der Waals surface area (Å²) in [5, 5.41) is 0.818. The maximum absolute atomic E-state index is 12.5. The lowest BCUT2D eigenvalue weighted by Crippen LogP contribution is -2.06. The lowest BCUT2D eigenvalue weighted by Gasteiger charge is -2.13. The number of halogens is 3. The molecular weight excluding hydrogens is 564 g/mol. The number of esters is 1. The smallest absolute Gasteiger partial charge is 0.363 e. The molecule has 0 fully saturated rings. The molecule has 0 amide bonds. The average Bonchev–Trinajstić information content (AvgIpc) is 3.12. The van der Waals surface area contributed by atoms with Crippen LogP contribution in [-0.2, 0) is 16.1 Å². The van der Waals surface area contributed by atoms with Gasteiger partial charge in [-0.15, -0.1) is 0 Å². The van der Waals surface area contributed by atoms with Crippen LogP contribution in [0.25, 0.3) is 6.08 Å². The minimum absolute atomic E-state index is 0.118. The van der Waals surface area contributed by atoms with E-state index < -0.39 is 5.97 Å². The van der Waals surface area contributed by atoms with Crippen LogP contribution >= 0.6 is 45.8 Å². The molecule has 5 nitrogen and oxygen atoms in total. The summed E-state index contributed by atoms with van der Waals surface area (Å²) >= 11 is 14.4. The Morgan fingerprint density at radius 3 is 2.66 bits per heavy atom. The van der Waals surface area contributed by atoms with Gasteiger partial charge in [0.1, 0.15) is 6.61 Å². The molecule has 162 valence electrons. The van der Waals surface area contributed by atoms with E-state index in [4.69, 9.17) is 37.4 Å². The molecule has 0 saturated heterocycles.